The summed E-state index contributed by atoms with van der Waals surface area (Å²) < 4.78 is 0. The lowest BCUT2D eigenvalue weighted by molar-refractivity contribution is -0.131. The van der Waals surface area contributed by atoms with Gasteiger partial charge in [-0.3, -0.25) is 14.4 Å². The molecule has 2 rings (SSSR count). The highest BCUT2D eigenvalue weighted by atomic mass is 16.2. The van der Waals surface area contributed by atoms with Gasteiger partial charge in [-0.1, -0.05) is 0 Å². The monoisotopic (exact) mass is 383 g/mol. The number of nitrogens with zero attached hydrogens (tertiary/aromatic N) is 3. The Balaban J connectivity index is 1.75. The summed E-state index contributed by atoms with van der Waals surface area (Å²) in [5.74, 6) is 1.80. The molecule has 1 aliphatic heterocycles. The van der Waals surface area contributed by atoms with Crippen molar-refractivity contribution in [1.29, 1.82) is 0 Å². The fourth-order valence-electron chi connectivity index (χ4n) is 2.77. The van der Waals surface area contributed by atoms with Gasteiger partial charge < -0.3 is 16.0 Å². The summed E-state index contributed by atoms with van der Waals surface area (Å²) in [4.78, 5) is 37.3. The van der Waals surface area contributed by atoms with Gasteiger partial charge in [0.1, 0.15) is 0 Å². The molecule has 1 heterocycles. The van der Waals surface area contributed by atoms with Crippen LogP contribution in [0.5, 0.6) is 0 Å². The predicted octanol–water partition coefficient (Wildman–Crippen LogP) is 2.32. The van der Waals surface area contributed by atoms with Crippen molar-refractivity contribution in [2.45, 2.75) is 44.7 Å². The first-order chi connectivity index (χ1) is 13.4. The second kappa shape index (κ2) is 9.65. The molecule has 0 saturated carbocycles. The zero-order valence-corrected chi connectivity index (χ0v) is 16.0. The number of anilines is 1. The van der Waals surface area contributed by atoms with Crippen molar-refractivity contribution < 1.29 is 14.4 Å². The molecule has 0 spiro atoms. The highest BCUT2D eigenvalue weighted by Crippen LogP contribution is 2.37. The van der Waals surface area contributed by atoms with Gasteiger partial charge in [-0.05, 0) is 31.2 Å². The first kappa shape index (κ1) is 21.1. The molecule has 3 N–H and O–H groups in total. The number of primary amides is 1. The first-order valence-electron chi connectivity index (χ1n) is 9.24. The van der Waals surface area contributed by atoms with Gasteiger partial charge in [0, 0.05) is 56.4 Å². The molecule has 8 nitrogen and oxygen atoms in total. The van der Waals surface area contributed by atoms with Gasteiger partial charge in [0.25, 0.3) is 0 Å². The van der Waals surface area contributed by atoms with Crippen LogP contribution >= 0.6 is 0 Å². The van der Waals surface area contributed by atoms with E-state index in [0.29, 0.717) is 50.0 Å². The van der Waals surface area contributed by atoms with E-state index in [1.807, 2.05) is 6.92 Å². The van der Waals surface area contributed by atoms with Crippen LogP contribution in [-0.4, -0.2) is 41.4 Å². The summed E-state index contributed by atoms with van der Waals surface area (Å²) in [5, 5.41) is 10.8. The number of terminal acetylenes is 1. The number of nitrogens with one attached hydrogen (secondary N) is 1. The van der Waals surface area contributed by atoms with E-state index >= 15 is 0 Å². The SMILES string of the molecule is C#CCCC1(CCC(=O)N(CC)CCC(=O)Nc2ccc(C(N)=O)cc2)N=N1. The Morgan fingerprint density at radius 3 is 2.39 bits per heavy atom. The number of hydrogen-bond donors (Lipinski definition) is 2. The zero-order valence-electron chi connectivity index (χ0n) is 16.0. The minimum atomic E-state index is -0.525. The van der Waals surface area contributed by atoms with Crippen LogP contribution in [0.15, 0.2) is 34.5 Å². The maximum Gasteiger partial charge on any atom is 0.248 e. The third-order valence-electron chi connectivity index (χ3n) is 4.59. The van der Waals surface area contributed by atoms with E-state index in [2.05, 4.69) is 21.5 Å². The van der Waals surface area contributed by atoms with Crippen LogP contribution in [-0.2, 0) is 9.59 Å². The number of amides is 3. The number of rotatable bonds is 11. The molecule has 8 heteroatoms. The van der Waals surface area contributed by atoms with Gasteiger partial charge in [-0.15, -0.1) is 12.3 Å². The molecule has 0 aliphatic carbocycles. The van der Waals surface area contributed by atoms with E-state index in [9.17, 15) is 14.4 Å². The van der Waals surface area contributed by atoms with Crippen LogP contribution in [0.2, 0.25) is 0 Å². The van der Waals surface area contributed by atoms with Crippen molar-refractivity contribution in [3.8, 4) is 12.3 Å². The Kier molecular flexibility index (Phi) is 7.27. The third kappa shape index (κ3) is 6.20. The van der Waals surface area contributed by atoms with Crippen LogP contribution in [0.4, 0.5) is 5.69 Å². The zero-order chi connectivity index (χ0) is 20.6. The van der Waals surface area contributed by atoms with Crippen molar-refractivity contribution in [2.24, 2.45) is 16.0 Å². The third-order valence-corrected chi connectivity index (χ3v) is 4.59. The molecule has 0 atom stereocenters. The van der Waals surface area contributed by atoms with Gasteiger partial charge in [-0.25, -0.2) is 0 Å². The van der Waals surface area contributed by atoms with Crippen LogP contribution < -0.4 is 11.1 Å². The fourth-order valence-corrected chi connectivity index (χ4v) is 2.77. The number of nitrogens with two attached hydrogens (primary N) is 1. The van der Waals surface area contributed by atoms with E-state index in [1.165, 1.54) is 0 Å². The molecular formula is C20H25N5O3. The van der Waals surface area contributed by atoms with Crippen molar-refractivity contribution >= 4 is 23.4 Å². The Labute approximate surface area is 164 Å². The van der Waals surface area contributed by atoms with Crippen molar-refractivity contribution in [3.63, 3.8) is 0 Å². The standard InChI is InChI=1S/C20H25N5O3/c1-3-5-12-20(23-24-20)13-10-18(27)25(4-2)14-11-17(26)22-16-8-6-15(7-9-16)19(21)28/h1,6-9H,4-5,10-14H2,2H3,(H2,21,28)(H,22,26). The average molecular weight is 383 g/mol. The fraction of sp³-hybridized carbons (Fsp3) is 0.450. The Morgan fingerprint density at radius 2 is 1.86 bits per heavy atom. The van der Waals surface area contributed by atoms with E-state index in [4.69, 9.17) is 12.2 Å². The summed E-state index contributed by atoms with van der Waals surface area (Å²) in [6.07, 6.45) is 7.55. The summed E-state index contributed by atoms with van der Waals surface area (Å²) in [6.45, 7) is 2.72. The highest BCUT2D eigenvalue weighted by molar-refractivity contribution is 5.94. The largest absolute Gasteiger partial charge is 0.366 e. The van der Waals surface area contributed by atoms with Crippen LogP contribution in [0.1, 0.15) is 49.4 Å². The van der Waals surface area contributed by atoms with E-state index < -0.39 is 11.6 Å². The highest BCUT2D eigenvalue weighted by Gasteiger charge is 2.39. The Hall–Kier alpha value is -3.21. The van der Waals surface area contributed by atoms with Gasteiger partial charge in [0.2, 0.25) is 17.7 Å². The van der Waals surface area contributed by atoms with Crippen LogP contribution in [0.3, 0.4) is 0 Å². The smallest absolute Gasteiger partial charge is 0.248 e. The summed E-state index contributed by atoms with van der Waals surface area (Å²) in [5.41, 5.74) is 5.65. The second-order valence-corrected chi connectivity index (χ2v) is 6.60. The van der Waals surface area contributed by atoms with Gasteiger partial charge in [-0.2, -0.15) is 10.2 Å². The molecule has 1 aliphatic rings. The summed E-state index contributed by atoms with van der Waals surface area (Å²) in [7, 11) is 0. The quantitative estimate of drug-likeness (QED) is 0.571. The lowest BCUT2D eigenvalue weighted by atomic mass is 10.0. The molecule has 1 aromatic rings. The molecule has 28 heavy (non-hydrogen) atoms. The molecule has 3 amide bonds. The van der Waals surface area contributed by atoms with Gasteiger partial charge in [0.05, 0.1) is 0 Å². The van der Waals surface area contributed by atoms with Crippen molar-refractivity contribution in [1.82, 2.24) is 4.90 Å². The lowest BCUT2D eigenvalue weighted by Gasteiger charge is -2.21. The lowest BCUT2D eigenvalue weighted by Crippen LogP contribution is -2.34. The van der Waals surface area contributed by atoms with Crippen molar-refractivity contribution in [2.75, 3.05) is 18.4 Å². The van der Waals surface area contributed by atoms with Gasteiger partial charge >= 0.3 is 0 Å². The molecule has 0 aromatic heterocycles. The number of hydrogen-bond acceptors (Lipinski definition) is 5. The first-order valence-corrected chi connectivity index (χ1v) is 9.24. The van der Waals surface area contributed by atoms with E-state index in [1.54, 1.807) is 29.2 Å². The molecule has 0 unspecified atom stereocenters. The number of carbonyl (C=O) groups is 3. The number of carbonyl (C=O) groups excluding carboxylic acids is 3. The number of benzene rings is 1. The topological polar surface area (TPSA) is 117 Å². The van der Waals surface area contributed by atoms with Crippen molar-refractivity contribution in [3.05, 3.63) is 29.8 Å². The van der Waals surface area contributed by atoms with Gasteiger partial charge in [0.15, 0.2) is 5.66 Å². The van der Waals surface area contributed by atoms with Crippen LogP contribution in [0.25, 0.3) is 0 Å². The normalized spacial score (nSPS) is 13.4. The molecule has 0 saturated heterocycles. The van der Waals surface area contributed by atoms with E-state index in [-0.39, 0.29) is 18.2 Å². The Morgan fingerprint density at radius 1 is 1.18 bits per heavy atom. The minimum absolute atomic E-state index is 0.0292. The molecule has 0 radical (unpaired) electrons. The molecule has 0 fully saturated rings. The molecule has 148 valence electrons. The molecule has 0 bridgehead atoms. The summed E-state index contributed by atoms with van der Waals surface area (Å²) >= 11 is 0. The summed E-state index contributed by atoms with van der Waals surface area (Å²) in [6, 6.07) is 6.31. The maximum atomic E-state index is 12.4. The Bertz CT molecular complexity index is 789. The molecular weight excluding hydrogens is 358 g/mol. The predicted molar refractivity (Wildman–Crippen MR) is 105 cm³/mol. The average Bonchev–Trinajstić information content (AvgIpc) is 3.46. The molecule has 1 aromatic carbocycles. The second-order valence-electron chi connectivity index (χ2n) is 6.60. The minimum Gasteiger partial charge on any atom is -0.366 e. The van der Waals surface area contributed by atoms with Crippen LogP contribution in [0, 0.1) is 12.3 Å². The maximum absolute atomic E-state index is 12.4. The van der Waals surface area contributed by atoms with E-state index in [0.717, 1.165) is 0 Å².